The third kappa shape index (κ3) is 5.53. The first kappa shape index (κ1) is 16.4. The van der Waals surface area contributed by atoms with Crippen molar-refractivity contribution in [2.45, 2.75) is 20.4 Å². The minimum absolute atomic E-state index is 0.0643. The molecule has 0 saturated heterocycles. The molecule has 0 aliphatic carbocycles. The Bertz CT molecular complexity index is 473. The molecule has 0 aromatic heterocycles. The maximum atomic E-state index is 13.1. The molecule has 0 bridgehead atoms. The van der Waals surface area contributed by atoms with Gasteiger partial charge in [0.1, 0.15) is 5.82 Å². The van der Waals surface area contributed by atoms with Crippen LogP contribution in [-0.4, -0.2) is 42.4 Å². The summed E-state index contributed by atoms with van der Waals surface area (Å²) in [6, 6.07) is 6.45. The van der Waals surface area contributed by atoms with Crippen molar-refractivity contribution in [1.29, 1.82) is 0 Å². The van der Waals surface area contributed by atoms with Crippen LogP contribution in [0.25, 0.3) is 0 Å². The van der Waals surface area contributed by atoms with Crippen molar-refractivity contribution in [1.82, 2.24) is 9.80 Å². The summed E-state index contributed by atoms with van der Waals surface area (Å²) in [6.45, 7) is 9.81. The van der Waals surface area contributed by atoms with Crippen LogP contribution in [0.1, 0.15) is 19.4 Å². The molecular weight excluding hydrogens is 255 g/mol. The molecule has 0 fully saturated rings. The van der Waals surface area contributed by atoms with Gasteiger partial charge in [-0.1, -0.05) is 24.3 Å². The predicted molar refractivity (Wildman–Crippen MR) is 79.8 cm³/mol. The zero-order chi connectivity index (χ0) is 15.1. The second kappa shape index (κ2) is 7.80. The van der Waals surface area contributed by atoms with E-state index in [1.807, 2.05) is 31.9 Å². The molecule has 1 amide bonds. The van der Waals surface area contributed by atoms with E-state index >= 15 is 0 Å². The summed E-state index contributed by atoms with van der Waals surface area (Å²) in [4.78, 5) is 15.8. The maximum Gasteiger partial charge on any atom is 0.237 e. The summed E-state index contributed by atoms with van der Waals surface area (Å²) in [5, 5.41) is 0. The first-order valence-electron chi connectivity index (χ1n) is 6.77. The largest absolute Gasteiger partial charge is 0.338 e. The fourth-order valence-corrected chi connectivity index (χ4v) is 2.04. The predicted octanol–water partition coefficient (Wildman–Crippen LogP) is 2.68. The highest BCUT2D eigenvalue weighted by atomic mass is 19.1. The number of nitrogens with zero attached hydrogens (tertiary/aromatic N) is 2. The molecule has 0 N–H and O–H groups in total. The lowest BCUT2D eigenvalue weighted by atomic mass is 10.2. The molecule has 1 aromatic rings. The number of hydrogen-bond acceptors (Lipinski definition) is 2. The van der Waals surface area contributed by atoms with Crippen LogP contribution in [0.3, 0.4) is 0 Å². The van der Waals surface area contributed by atoms with Crippen molar-refractivity contribution >= 4 is 5.91 Å². The van der Waals surface area contributed by atoms with Crippen LogP contribution in [0.2, 0.25) is 0 Å². The summed E-state index contributed by atoms with van der Waals surface area (Å²) in [5.41, 5.74) is 1.83. The molecule has 0 aliphatic rings. The smallest absolute Gasteiger partial charge is 0.237 e. The van der Waals surface area contributed by atoms with Gasteiger partial charge in [0.15, 0.2) is 0 Å². The van der Waals surface area contributed by atoms with Crippen molar-refractivity contribution in [3.63, 3.8) is 0 Å². The number of carbonyl (C=O) groups excluding carboxylic acids is 1. The molecule has 0 spiro atoms. The third-order valence-electron chi connectivity index (χ3n) is 2.94. The minimum atomic E-state index is -0.250. The van der Waals surface area contributed by atoms with Gasteiger partial charge in [-0.25, -0.2) is 4.39 Å². The fourth-order valence-electron chi connectivity index (χ4n) is 2.04. The second-order valence-corrected chi connectivity index (χ2v) is 5.17. The van der Waals surface area contributed by atoms with Crippen molar-refractivity contribution < 1.29 is 9.18 Å². The average Bonchev–Trinajstić information content (AvgIpc) is 2.35. The van der Waals surface area contributed by atoms with Gasteiger partial charge >= 0.3 is 0 Å². The highest BCUT2D eigenvalue weighted by Gasteiger charge is 2.14. The Labute approximate surface area is 120 Å². The Balaban J connectivity index is 2.54. The number of benzene rings is 1. The molecule has 1 rings (SSSR count). The molecule has 0 saturated carbocycles. The van der Waals surface area contributed by atoms with E-state index in [0.717, 1.165) is 11.1 Å². The number of amides is 1. The normalized spacial score (nSPS) is 10.7. The highest BCUT2D eigenvalue weighted by Crippen LogP contribution is 2.07. The molecule has 0 aliphatic heterocycles. The van der Waals surface area contributed by atoms with Gasteiger partial charge in [-0.3, -0.25) is 9.69 Å². The summed E-state index contributed by atoms with van der Waals surface area (Å²) in [5.74, 6) is -0.186. The lowest BCUT2D eigenvalue weighted by Crippen LogP contribution is -2.39. The second-order valence-electron chi connectivity index (χ2n) is 5.17. The van der Waals surface area contributed by atoms with Crippen LogP contribution in [-0.2, 0) is 11.3 Å². The zero-order valence-corrected chi connectivity index (χ0v) is 12.5. The topological polar surface area (TPSA) is 23.6 Å². The number of likely N-dealkylation sites (N-methyl/N-ethyl adjacent to an activating group) is 2. The molecule has 0 atom stereocenters. The van der Waals surface area contributed by atoms with Gasteiger partial charge in [0.05, 0.1) is 6.54 Å². The Hall–Kier alpha value is -1.68. The molecule has 20 heavy (non-hydrogen) atoms. The lowest BCUT2D eigenvalue weighted by Gasteiger charge is -2.24. The van der Waals surface area contributed by atoms with Crippen molar-refractivity contribution in [2.24, 2.45) is 0 Å². The van der Waals surface area contributed by atoms with Crippen LogP contribution in [0.15, 0.2) is 36.4 Å². The van der Waals surface area contributed by atoms with Gasteiger partial charge in [0, 0.05) is 19.6 Å². The maximum absolute atomic E-state index is 13.1. The van der Waals surface area contributed by atoms with Gasteiger partial charge in [-0.05, 0) is 38.6 Å². The van der Waals surface area contributed by atoms with Gasteiger partial charge in [-0.15, -0.1) is 0 Å². The van der Waals surface area contributed by atoms with Crippen LogP contribution >= 0.6 is 0 Å². The number of hydrogen-bond donors (Lipinski definition) is 0. The summed E-state index contributed by atoms with van der Waals surface area (Å²) in [6.07, 6.45) is 0. The van der Waals surface area contributed by atoms with E-state index in [9.17, 15) is 9.18 Å². The molecule has 0 heterocycles. The quantitative estimate of drug-likeness (QED) is 0.716. The van der Waals surface area contributed by atoms with Gasteiger partial charge in [-0.2, -0.15) is 0 Å². The lowest BCUT2D eigenvalue weighted by molar-refractivity contribution is -0.131. The molecule has 0 unspecified atom stereocenters. The first-order valence-corrected chi connectivity index (χ1v) is 6.77. The molecule has 3 nitrogen and oxygen atoms in total. The molecule has 0 radical (unpaired) electrons. The molecule has 4 heteroatoms. The van der Waals surface area contributed by atoms with E-state index < -0.39 is 0 Å². The number of rotatable bonds is 7. The number of halogens is 1. The zero-order valence-electron chi connectivity index (χ0n) is 12.5. The minimum Gasteiger partial charge on any atom is -0.338 e. The monoisotopic (exact) mass is 278 g/mol. The number of carbonyl (C=O) groups is 1. The van der Waals surface area contributed by atoms with Crippen LogP contribution in [0, 0.1) is 5.82 Å². The van der Waals surface area contributed by atoms with Gasteiger partial charge in [0.25, 0.3) is 0 Å². The van der Waals surface area contributed by atoms with Gasteiger partial charge in [0.2, 0.25) is 5.91 Å². The van der Waals surface area contributed by atoms with Crippen LogP contribution in [0.5, 0.6) is 0 Å². The molecule has 110 valence electrons. The molecular formula is C16H23FN2O. The van der Waals surface area contributed by atoms with Crippen molar-refractivity contribution in [3.8, 4) is 0 Å². The molecule has 1 aromatic carbocycles. The van der Waals surface area contributed by atoms with Crippen LogP contribution < -0.4 is 0 Å². The Morgan fingerprint density at radius 2 is 2.05 bits per heavy atom. The van der Waals surface area contributed by atoms with E-state index in [1.165, 1.54) is 12.1 Å². The Morgan fingerprint density at radius 3 is 2.60 bits per heavy atom. The highest BCUT2D eigenvalue weighted by molar-refractivity contribution is 5.78. The summed E-state index contributed by atoms with van der Waals surface area (Å²) in [7, 11) is 1.86. The van der Waals surface area contributed by atoms with Crippen molar-refractivity contribution in [2.75, 3.05) is 26.7 Å². The fraction of sp³-hybridized carbons (Fsp3) is 0.438. The Kier molecular flexibility index (Phi) is 6.39. The summed E-state index contributed by atoms with van der Waals surface area (Å²) >= 11 is 0. The Morgan fingerprint density at radius 1 is 1.35 bits per heavy atom. The van der Waals surface area contributed by atoms with E-state index in [0.29, 0.717) is 26.2 Å². The first-order chi connectivity index (χ1) is 9.42. The van der Waals surface area contributed by atoms with Gasteiger partial charge < -0.3 is 4.90 Å². The SMILES string of the molecule is C=C(C)CN(CC)C(=O)CN(C)Cc1cccc(F)c1. The average molecular weight is 278 g/mol. The van der Waals surface area contributed by atoms with Crippen LogP contribution in [0.4, 0.5) is 4.39 Å². The van der Waals surface area contributed by atoms with E-state index in [2.05, 4.69) is 6.58 Å². The van der Waals surface area contributed by atoms with E-state index in [-0.39, 0.29) is 11.7 Å². The standard InChI is InChI=1S/C16H23FN2O/c1-5-19(10-13(2)3)16(20)12-18(4)11-14-7-6-8-15(17)9-14/h6-9H,2,5,10-12H2,1,3-4H3. The van der Waals surface area contributed by atoms with E-state index in [1.54, 1.807) is 11.0 Å². The summed E-state index contributed by atoms with van der Waals surface area (Å²) < 4.78 is 13.1. The van der Waals surface area contributed by atoms with Crippen molar-refractivity contribution in [3.05, 3.63) is 47.8 Å². The third-order valence-corrected chi connectivity index (χ3v) is 2.94. The van der Waals surface area contributed by atoms with E-state index in [4.69, 9.17) is 0 Å².